The monoisotopic (exact) mass is 264 g/mol. The molecule has 1 atom stereocenters. The van der Waals surface area contributed by atoms with E-state index >= 15 is 0 Å². The molecule has 5 heteroatoms. The second-order valence-corrected chi connectivity index (χ2v) is 4.34. The summed E-state index contributed by atoms with van der Waals surface area (Å²) in [5.41, 5.74) is 6.20. The lowest BCUT2D eigenvalue weighted by atomic mass is 10.2. The van der Waals surface area contributed by atoms with Crippen molar-refractivity contribution in [3.05, 3.63) is 35.9 Å². The third-order valence-electron chi connectivity index (χ3n) is 2.60. The van der Waals surface area contributed by atoms with E-state index in [1.165, 1.54) is 0 Å². The van der Waals surface area contributed by atoms with Crippen LogP contribution in [0, 0.1) is 5.92 Å². The lowest BCUT2D eigenvalue weighted by Crippen LogP contribution is -2.33. The Balaban J connectivity index is 2.27. The highest BCUT2D eigenvalue weighted by Crippen LogP contribution is 2.04. The first-order valence-corrected chi connectivity index (χ1v) is 6.30. The van der Waals surface area contributed by atoms with Gasteiger partial charge in [-0.1, -0.05) is 37.3 Å². The van der Waals surface area contributed by atoms with Gasteiger partial charge in [-0.05, 0) is 5.56 Å². The number of esters is 1. The Morgan fingerprint density at radius 3 is 2.63 bits per heavy atom. The molecule has 1 aromatic carbocycles. The molecule has 1 rings (SSSR count). The summed E-state index contributed by atoms with van der Waals surface area (Å²) in [5, 5.41) is 2.64. The van der Waals surface area contributed by atoms with E-state index in [0.717, 1.165) is 5.56 Å². The molecule has 0 heterocycles. The number of nitrogens with one attached hydrogen (secondary N) is 1. The van der Waals surface area contributed by atoms with Gasteiger partial charge in [-0.25, -0.2) is 0 Å². The van der Waals surface area contributed by atoms with E-state index in [9.17, 15) is 9.59 Å². The molecule has 0 saturated carbocycles. The van der Waals surface area contributed by atoms with Gasteiger partial charge >= 0.3 is 5.97 Å². The third-order valence-corrected chi connectivity index (χ3v) is 2.60. The predicted molar refractivity (Wildman–Crippen MR) is 72.1 cm³/mol. The van der Waals surface area contributed by atoms with Gasteiger partial charge in [-0.2, -0.15) is 0 Å². The molecular formula is C14H20N2O3. The third kappa shape index (κ3) is 6.01. The number of ether oxygens (including phenoxy) is 1. The number of carbonyl (C=O) groups excluding carboxylic acids is 2. The average molecular weight is 264 g/mol. The topological polar surface area (TPSA) is 81.4 Å². The van der Waals surface area contributed by atoms with Crippen LogP contribution in [0.2, 0.25) is 0 Å². The largest absolute Gasteiger partial charge is 0.461 e. The first-order valence-electron chi connectivity index (χ1n) is 6.30. The minimum atomic E-state index is -0.370. The quantitative estimate of drug-likeness (QED) is 0.715. The number of amides is 1. The van der Waals surface area contributed by atoms with Crippen LogP contribution in [0.1, 0.15) is 18.9 Å². The van der Waals surface area contributed by atoms with E-state index in [1.54, 1.807) is 6.92 Å². The van der Waals surface area contributed by atoms with Crippen molar-refractivity contribution in [3.8, 4) is 0 Å². The van der Waals surface area contributed by atoms with Gasteiger partial charge < -0.3 is 15.8 Å². The molecule has 0 aliphatic heterocycles. The van der Waals surface area contributed by atoms with Crippen molar-refractivity contribution in [3.63, 3.8) is 0 Å². The summed E-state index contributed by atoms with van der Waals surface area (Å²) in [5.74, 6) is -0.840. The molecule has 0 fully saturated rings. The van der Waals surface area contributed by atoms with Crippen LogP contribution >= 0.6 is 0 Å². The summed E-state index contributed by atoms with van der Waals surface area (Å²) in [7, 11) is 0. The number of nitrogens with two attached hydrogens (primary N) is 1. The van der Waals surface area contributed by atoms with Crippen LogP contribution < -0.4 is 11.1 Å². The molecule has 1 amide bonds. The van der Waals surface area contributed by atoms with Crippen molar-refractivity contribution in [2.45, 2.75) is 20.0 Å². The van der Waals surface area contributed by atoms with Gasteiger partial charge in [0.15, 0.2) is 0 Å². The van der Waals surface area contributed by atoms with Crippen molar-refractivity contribution < 1.29 is 14.3 Å². The Bertz CT molecular complexity index is 406. The standard InChI is InChI=1S/C14H20N2O3/c1-11(9-16-13(17)7-8-15)14(18)19-10-12-5-3-2-4-6-12/h2-6,11H,7-10,15H2,1H3,(H,16,17). The van der Waals surface area contributed by atoms with Crippen LogP contribution in [-0.4, -0.2) is 25.0 Å². The van der Waals surface area contributed by atoms with Crippen molar-refractivity contribution in [2.75, 3.05) is 13.1 Å². The predicted octanol–water partition coefficient (Wildman–Crippen LogP) is 0.831. The molecule has 1 unspecified atom stereocenters. The fraction of sp³-hybridized carbons (Fsp3) is 0.429. The molecule has 0 aliphatic rings. The zero-order valence-electron chi connectivity index (χ0n) is 11.1. The summed E-state index contributed by atoms with van der Waals surface area (Å²) in [6.07, 6.45) is 0.270. The molecule has 0 spiro atoms. The Labute approximate surface area is 113 Å². The van der Waals surface area contributed by atoms with Gasteiger partial charge in [0.2, 0.25) is 5.91 Å². The van der Waals surface area contributed by atoms with Gasteiger partial charge in [0.25, 0.3) is 0 Å². The highest BCUT2D eigenvalue weighted by atomic mass is 16.5. The first-order chi connectivity index (χ1) is 9.13. The summed E-state index contributed by atoms with van der Waals surface area (Å²) >= 11 is 0. The van der Waals surface area contributed by atoms with Gasteiger partial charge in [0.05, 0.1) is 5.92 Å². The Kier molecular flexibility index (Phi) is 6.60. The normalized spacial score (nSPS) is 11.7. The zero-order chi connectivity index (χ0) is 14.1. The van der Waals surface area contributed by atoms with E-state index in [1.807, 2.05) is 30.3 Å². The maximum absolute atomic E-state index is 11.7. The van der Waals surface area contributed by atoms with Gasteiger partial charge in [0.1, 0.15) is 6.61 Å². The first kappa shape index (κ1) is 15.2. The number of carbonyl (C=O) groups is 2. The van der Waals surface area contributed by atoms with E-state index in [0.29, 0.717) is 6.54 Å². The second-order valence-electron chi connectivity index (χ2n) is 4.34. The fourth-order valence-electron chi connectivity index (χ4n) is 1.44. The highest BCUT2D eigenvalue weighted by Gasteiger charge is 2.15. The minimum absolute atomic E-state index is 0.148. The number of hydrogen-bond donors (Lipinski definition) is 2. The summed E-state index contributed by atoms with van der Waals surface area (Å²) in [4.78, 5) is 22.9. The van der Waals surface area contributed by atoms with E-state index in [2.05, 4.69) is 5.32 Å². The van der Waals surface area contributed by atoms with E-state index in [-0.39, 0.29) is 37.4 Å². The molecule has 0 saturated heterocycles. The minimum Gasteiger partial charge on any atom is -0.461 e. The second kappa shape index (κ2) is 8.26. The molecule has 0 aromatic heterocycles. The van der Waals surface area contributed by atoms with Crippen LogP contribution in [0.25, 0.3) is 0 Å². The fourth-order valence-corrected chi connectivity index (χ4v) is 1.44. The lowest BCUT2D eigenvalue weighted by molar-refractivity contribution is -0.149. The van der Waals surface area contributed by atoms with Crippen molar-refractivity contribution in [2.24, 2.45) is 11.7 Å². The maximum Gasteiger partial charge on any atom is 0.310 e. The average Bonchev–Trinajstić information content (AvgIpc) is 2.43. The molecule has 0 aliphatic carbocycles. The highest BCUT2D eigenvalue weighted by molar-refractivity contribution is 5.77. The maximum atomic E-state index is 11.7. The smallest absolute Gasteiger partial charge is 0.310 e. The zero-order valence-corrected chi connectivity index (χ0v) is 11.1. The van der Waals surface area contributed by atoms with Crippen LogP contribution in [0.15, 0.2) is 30.3 Å². The summed E-state index contributed by atoms with van der Waals surface area (Å²) in [6, 6.07) is 9.46. The Morgan fingerprint density at radius 2 is 2.00 bits per heavy atom. The van der Waals surface area contributed by atoms with Gasteiger partial charge in [-0.3, -0.25) is 9.59 Å². The van der Waals surface area contributed by atoms with Crippen LogP contribution in [-0.2, 0) is 20.9 Å². The van der Waals surface area contributed by atoms with Gasteiger partial charge in [-0.15, -0.1) is 0 Å². The van der Waals surface area contributed by atoms with Crippen LogP contribution in [0.3, 0.4) is 0 Å². The molecule has 5 nitrogen and oxygen atoms in total. The van der Waals surface area contributed by atoms with E-state index < -0.39 is 0 Å². The Morgan fingerprint density at radius 1 is 1.32 bits per heavy atom. The lowest BCUT2D eigenvalue weighted by Gasteiger charge is -2.12. The van der Waals surface area contributed by atoms with Crippen LogP contribution in [0.4, 0.5) is 0 Å². The molecule has 0 bridgehead atoms. The molecule has 0 radical (unpaired) electrons. The van der Waals surface area contributed by atoms with Crippen molar-refractivity contribution in [1.29, 1.82) is 0 Å². The Hall–Kier alpha value is -1.88. The molecular weight excluding hydrogens is 244 g/mol. The molecule has 3 N–H and O–H groups in total. The molecule has 1 aromatic rings. The van der Waals surface area contributed by atoms with Crippen LogP contribution in [0.5, 0.6) is 0 Å². The summed E-state index contributed by atoms with van der Waals surface area (Å²) in [6.45, 7) is 2.54. The van der Waals surface area contributed by atoms with Gasteiger partial charge in [0, 0.05) is 19.5 Å². The molecule has 19 heavy (non-hydrogen) atoms. The van der Waals surface area contributed by atoms with Crippen molar-refractivity contribution in [1.82, 2.24) is 5.32 Å². The number of benzene rings is 1. The number of hydrogen-bond acceptors (Lipinski definition) is 4. The summed E-state index contributed by atoms with van der Waals surface area (Å²) < 4.78 is 5.17. The SMILES string of the molecule is CC(CNC(=O)CCN)C(=O)OCc1ccccc1. The van der Waals surface area contributed by atoms with E-state index in [4.69, 9.17) is 10.5 Å². The van der Waals surface area contributed by atoms with Crippen molar-refractivity contribution >= 4 is 11.9 Å². The molecule has 104 valence electrons. The number of rotatable bonds is 7.